The van der Waals surface area contributed by atoms with Crippen LogP contribution in [0.15, 0.2) is 79.0 Å². The summed E-state index contributed by atoms with van der Waals surface area (Å²) in [6.45, 7) is 7.55. The van der Waals surface area contributed by atoms with E-state index in [0.717, 1.165) is 5.56 Å². The fourth-order valence-corrected chi connectivity index (χ4v) is 10.2. The van der Waals surface area contributed by atoms with Crippen molar-refractivity contribution in [2.24, 2.45) is 11.7 Å². The molecule has 1 aliphatic carbocycles. The van der Waals surface area contributed by atoms with Gasteiger partial charge in [-0.25, -0.2) is 4.39 Å². The van der Waals surface area contributed by atoms with Crippen molar-refractivity contribution in [2.75, 3.05) is 12.0 Å². The summed E-state index contributed by atoms with van der Waals surface area (Å²) in [4.78, 5) is 158. The van der Waals surface area contributed by atoms with Crippen LogP contribution in [-0.4, -0.2) is 138 Å². The van der Waals surface area contributed by atoms with Crippen molar-refractivity contribution < 1.29 is 71.8 Å². The number of nitrogens with two attached hydrogens (primary N) is 1. The van der Waals surface area contributed by atoms with Gasteiger partial charge in [0.2, 0.25) is 53.2 Å². The number of carboxylic acid groups (broad SMARTS) is 1. The van der Waals surface area contributed by atoms with Gasteiger partial charge >= 0.3 is 13.6 Å². The smallest absolute Gasteiger partial charge is 0.329 e. The number of carbonyl (C=O) groups is 10. The Bertz CT molecular complexity index is 3060. The van der Waals surface area contributed by atoms with E-state index in [1.807, 2.05) is 13.8 Å². The van der Waals surface area contributed by atoms with Crippen LogP contribution >= 0.6 is 19.4 Å². The molecule has 1 aromatic heterocycles. The first-order valence-corrected chi connectivity index (χ1v) is 30.0. The molecular weight excluding hydrogens is 1120 g/mol. The average Bonchev–Trinajstić information content (AvgIpc) is 2.77. The first-order chi connectivity index (χ1) is 39.0. The Balaban J connectivity index is 1.46. The van der Waals surface area contributed by atoms with E-state index in [4.69, 9.17) is 5.73 Å². The molecule has 1 saturated carbocycles. The van der Waals surface area contributed by atoms with Crippen LogP contribution in [0.4, 0.5) is 4.39 Å². The van der Waals surface area contributed by atoms with Gasteiger partial charge in [-0.1, -0.05) is 68.4 Å². The Hall–Kier alpha value is -7.67. The van der Waals surface area contributed by atoms with E-state index in [1.165, 1.54) is 81.2 Å². The summed E-state index contributed by atoms with van der Waals surface area (Å²) in [7, 11) is -4.50. The fourth-order valence-electron chi connectivity index (χ4n) is 9.04. The highest BCUT2D eigenvalue weighted by atomic mass is 32.2. The van der Waals surface area contributed by atoms with Crippen molar-refractivity contribution in [3.05, 3.63) is 107 Å². The summed E-state index contributed by atoms with van der Waals surface area (Å²) in [6.07, 6.45) is 1.44. The van der Waals surface area contributed by atoms with Crippen LogP contribution in [0.25, 0.3) is 10.9 Å². The number of primary amides is 1. The zero-order valence-electron chi connectivity index (χ0n) is 47.0. The molecule has 6 atom stereocenters. The second kappa shape index (κ2) is 29.5. The average molecular weight is 1190 g/mol. The summed E-state index contributed by atoms with van der Waals surface area (Å²) in [6, 6.07) is 10.1. The summed E-state index contributed by atoms with van der Waals surface area (Å²) in [5, 5.41) is 31.2. The third kappa shape index (κ3) is 20.6. The van der Waals surface area contributed by atoms with E-state index in [-0.39, 0.29) is 56.4 Å². The standard InChI is InChI=1S/C56H74FN10O14PS/c1-31(2)24-42(47(58)71)64-54(78)56(21-22-56)67-52(76)39(18-19-46(69)70)61-50(74)45(27-36-29-59-41-28-37(57)16-17-38(36)41)63-49(73)44(26-34-12-14-35(15-13-34)30-82(79,80)81)65-53(77)55(4,5)66-51(75)40(20-23-83-6)62-48(72)43(60-32(3)68)25-33-10-8-7-9-11-33/h7-17,28-29,31,39-40,42-45,59H,18-27,30H2,1-6H3,(H2,58,71)(H,60,68)(H,61,74)(H,62,72)(H,63,73)(H,64,78)(H,65,77)(H,66,75)(H,67,76)(H,69,70)(H2,79,80,81)/t39-,40-,42-,43-,44-,45-/m0/s1. The van der Waals surface area contributed by atoms with Crippen molar-refractivity contribution in [2.45, 2.75) is 146 Å². The molecule has 14 N–H and O–H groups in total. The van der Waals surface area contributed by atoms with Gasteiger partial charge in [0.25, 0.3) is 0 Å². The van der Waals surface area contributed by atoms with E-state index in [2.05, 4.69) is 47.5 Å². The van der Waals surface area contributed by atoms with Crippen LogP contribution in [-0.2, 0) is 77.9 Å². The number of aromatic amines is 1. The molecule has 0 saturated heterocycles. The number of nitrogens with one attached hydrogen (secondary N) is 9. The Labute approximate surface area is 483 Å². The molecule has 27 heteroatoms. The predicted molar refractivity (Wildman–Crippen MR) is 306 cm³/mol. The minimum atomic E-state index is -4.50. The summed E-state index contributed by atoms with van der Waals surface area (Å²) >= 11 is 1.38. The van der Waals surface area contributed by atoms with E-state index in [1.54, 1.807) is 36.6 Å². The Morgan fingerprint density at radius 2 is 1.27 bits per heavy atom. The minimum Gasteiger partial charge on any atom is -0.481 e. The summed E-state index contributed by atoms with van der Waals surface area (Å²) in [5.74, 6) is -9.02. The lowest BCUT2D eigenvalue weighted by Gasteiger charge is -2.31. The zero-order valence-corrected chi connectivity index (χ0v) is 48.7. The molecule has 1 heterocycles. The number of benzene rings is 3. The monoisotopic (exact) mass is 1190 g/mol. The molecule has 0 spiro atoms. The van der Waals surface area contributed by atoms with Crippen molar-refractivity contribution >= 4 is 89.4 Å². The van der Waals surface area contributed by atoms with Gasteiger partial charge in [0.05, 0.1) is 6.16 Å². The molecule has 5 rings (SSSR count). The molecule has 0 unspecified atom stereocenters. The quantitative estimate of drug-likeness (QED) is 0.0309. The number of carboxylic acids is 1. The van der Waals surface area contributed by atoms with Crippen molar-refractivity contribution in [1.82, 2.24) is 47.5 Å². The second-order valence-corrected chi connectivity index (χ2v) is 24.3. The molecule has 83 heavy (non-hydrogen) atoms. The van der Waals surface area contributed by atoms with Gasteiger partial charge in [-0.05, 0) is 104 Å². The van der Waals surface area contributed by atoms with Crippen molar-refractivity contribution in [1.29, 1.82) is 0 Å². The van der Waals surface area contributed by atoms with E-state index < -0.39 is 139 Å². The normalized spacial score (nSPS) is 15.0. The number of hydrogen-bond acceptors (Lipinski definition) is 12. The summed E-state index contributed by atoms with van der Waals surface area (Å²) in [5.41, 5.74) is 4.18. The van der Waals surface area contributed by atoms with E-state index in [0.29, 0.717) is 27.8 Å². The molecule has 1 aliphatic rings. The van der Waals surface area contributed by atoms with E-state index in [9.17, 15) is 71.8 Å². The Morgan fingerprint density at radius 3 is 1.81 bits per heavy atom. The number of carbonyl (C=O) groups excluding carboxylic acids is 9. The molecule has 3 aromatic carbocycles. The molecule has 1 fully saturated rings. The summed E-state index contributed by atoms with van der Waals surface area (Å²) < 4.78 is 26.2. The number of fused-ring (bicyclic) bond motifs is 1. The molecule has 0 aliphatic heterocycles. The third-order valence-corrected chi connectivity index (χ3v) is 15.1. The highest BCUT2D eigenvalue weighted by Crippen LogP contribution is 2.39. The molecule has 0 bridgehead atoms. The van der Waals surface area contributed by atoms with Crippen LogP contribution in [0.5, 0.6) is 0 Å². The number of aliphatic carboxylic acids is 1. The number of thioether (sulfide) groups is 1. The van der Waals surface area contributed by atoms with Crippen molar-refractivity contribution in [3.8, 4) is 0 Å². The largest absolute Gasteiger partial charge is 0.481 e. The highest BCUT2D eigenvalue weighted by Gasteiger charge is 2.52. The van der Waals surface area contributed by atoms with E-state index >= 15 is 0 Å². The Kier molecular flexibility index (Phi) is 23.5. The van der Waals surface area contributed by atoms with Gasteiger partial charge in [0.15, 0.2) is 0 Å². The minimum absolute atomic E-state index is 0.0500. The SMILES string of the molecule is CSCC[C@H](NC(=O)[C@H](Cc1ccccc1)NC(C)=O)C(=O)NC(C)(C)C(=O)N[C@@H](Cc1ccc(CP(=O)(O)O)cc1)C(=O)N[C@@H](Cc1c[nH]c2cc(F)ccc12)C(=O)N[C@@H](CCC(=O)O)C(=O)NC1(C(=O)N[C@@H](CC(C)C)C(N)=O)CC1. The topological polar surface area (TPSA) is 387 Å². The number of amides is 9. The highest BCUT2D eigenvalue weighted by molar-refractivity contribution is 7.98. The third-order valence-electron chi connectivity index (χ3n) is 13.7. The van der Waals surface area contributed by atoms with Crippen LogP contribution in [0.1, 0.15) is 95.4 Å². The number of aromatic nitrogens is 1. The molecule has 0 radical (unpaired) electrons. The predicted octanol–water partition coefficient (Wildman–Crippen LogP) is 1.63. The van der Waals surface area contributed by atoms with Crippen LogP contribution < -0.4 is 48.3 Å². The maximum Gasteiger partial charge on any atom is 0.329 e. The second-order valence-electron chi connectivity index (χ2n) is 21.7. The molecule has 9 amide bonds. The first-order valence-electron chi connectivity index (χ1n) is 26.8. The fraction of sp³-hybridized carbons (Fsp3) is 0.464. The van der Waals surface area contributed by atoms with Gasteiger partial charge in [-0.15, -0.1) is 0 Å². The Morgan fingerprint density at radius 1 is 0.711 bits per heavy atom. The number of hydrogen-bond donors (Lipinski definition) is 13. The zero-order chi connectivity index (χ0) is 61.4. The first kappa shape index (κ1) is 66.1. The molecule has 4 aromatic rings. The van der Waals surface area contributed by atoms with Gasteiger partial charge in [0.1, 0.15) is 53.1 Å². The lowest BCUT2D eigenvalue weighted by atomic mass is 9.98. The van der Waals surface area contributed by atoms with Crippen molar-refractivity contribution in [3.63, 3.8) is 0 Å². The number of halogens is 1. The molecule has 450 valence electrons. The van der Waals surface area contributed by atoms with Gasteiger partial charge in [0, 0.05) is 49.7 Å². The molecular formula is C56H74FN10O14PS. The maximum absolute atomic E-state index is 14.9. The van der Waals surface area contributed by atoms with Crippen LogP contribution in [0.2, 0.25) is 0 Å². The van der Waals surface area contributed by atoms with Gasteiger partial charge in [-0.2, -0.15) is 11.8 Å². The number of H-pyrrole nitrogens is 1. The lowest BCUT2D eigenvalue weighted by molar-refractivity contribution is -0.139. The molecule has 24 nitrogen and oxygen atoms in total. The number of rotatable bonds is 32. The van der Waals surface area contributed by atoms with Crippen LogP contribution in [0.3, 0.4) is 0 Å². The van der Waals surface area contributed by atoms with Gasteiger partial charge < -0.3 is 68.1 Å². The lowest BCUT2D eigenvalue weighted by Crippen LogP contribution is -2.63. The van der Waals surface area contributed by atoms with Crippen LogP contribution in [0, 0.1) is 11.7 Å². The van der Waals surface area contributed by atoms with Gasteiger partial charge in [-0.3, -0.25) is 52.5 Å². The maximum atomic E-state index is 14.9.